The molecule has 1 N–H and O–H groups in total. The molecule has 1 aliphatic heterocycles. The highest BCUT2D eigenvalue weighted by Crippen LogP contribution is 2.31. The molecule has 0 aromatic rings. The van der Waals surface area contributed by atoms with Crippen LogP contribution in [0.3, 0.4) is 0 Å². The number of Topliss-reactive ketones (excluding diaryl/α,β-unsaturated/α-hetero) is 1. The predicted octanol–water partition coefficient (Wildman–Crippen LogP) is 0.556. The predicted molar refractivity (Wildman–Crippen MR) is 42.3 cm³/mol. The lowest BCUT2D eigenvalue weighted by Gasteiger charge is -2.28. The van der Waals surface area contributed by atoms with Gasteiger partial charge >= 0.3 is 0 Å². The Morgan fingerprint density at radius 1 is 1.82 bits per heavy atom. The highest BCUT2D eigenvalue weighted by molar-refractivity contribution is 6.16. The Labute approximate surface area is 71.1 Å². The monoisotopic (exact) mass is 177 g/mol. The summed E-state index contributed by atoms with van der Waals surface area (Å²) >= 11 is 5.78. The molecule has 3 nitrogen and oxygen atoms in total. The summed E-state index contributed by atoms with van der Waals surface area (Å²) in [6, 6.07) is 0. The van der Waals surface area contributed by atoms with Gasteiger partial charge in [-0.1, -0.05) is 0 Å². The van der Waals surface area contributed by atoms with Crippen molar-refractivity contribution < 1.29 is 9.90 Å². The molecule has 0 unspecified atom stereocenters. The Balaban J connectivity index is 2.82. The molecule has 0 spiro atoms. The SMILES string of the molecule is CC(=O)[C@@]1(CO)CCCN1Cl. The second-order valence-electron chi connectivity index (χ2n) is 2.94. The molecule has 64 valence electrons. The number of nitrogens with zero attached hydrogens (tertiary/aromatic N) is 1. The number of hydrogen-bond acceptors (Lipinski definition) is 3. The third-order valence-electron chi connectivity index (χ3n) is 2.33. The zero-order valence-electron chi connectivity index (χ0n) is 6.51. The summed E-state index contributed by atoms with van der Waals surface area (Å²) in [4.78, 5) is 11.1. The van der Waals surface area contributed by atoms with Crippen LogP contribution in [0.1, 0.15) is 19.8 Å². The summed E-state index contributed by atoms with van der Waals surface area (Å²) in [6.07, 6.45) is 1.55. The summed E-state index contributed by atoms with van der Waals surface area (Å²) < 4.78 is 1.43. The topological polar surface area (TPSA) is 40.5 Å². The minimum absolute atomic E-state index is 0.0486. The highest BCUT2D eigenvalue weighted by Gasteiger charge is 2.44. The molecule has 0 aromatic carbocycles. The molecule has 1 heterocycles. The van der Waals surface area contributed by atoms with E-state index in [-0.39, 0.29) is 12.4 Å². The number of aliphatic hydroxyl groups is 1. The van der Waals surface area contributed by atoms with Gasteiger partial charge in [0.05, 0.1) is 6.61 Å². The smallest absolute Gasteiger partial charge is 0.153 e. The quantitative estimate of drug-likeness (QED) is 0.627. The summed E-state index contributed by atoms with van der Waals surface area (Å²) in [7, 11) is 0. The van der Waals surface area contributed by atoms with Gasteiger partial charge in [0.15, 0.2) is 5.78 Å². The van der Waals surface area contributed by atoms with Crippen LogP contribution in [0.25, 0.3) is 0 Å². The van der Waals surface area contributed by atoms with Gasteiger partial charge in [0.2, 0.25) is 0 Å². The fourth-order valence-electron chi connectivity index (χ4n) is 1.46. The zero-order chi connectivity index (χ0) is 8.48. The maximum atomic E-state index is 11.1. The van der Waals surface area contributed by atoms with E-state index in [0.29, 0.717) is 13.0 Å². The van der Waals surface area contributed by atoms with Crippen molar-refractivity contribution in [3.63, 3.8) is 0 Å². The molecule has 0 aliphatic carbocycles. The van der Waals surface area contributed by atoms with Crippen LogP contribution < -0.4 is 0 Å². The van der Waals surface area contributed by atoms with Gasteiger partial charge in [-0.2, -0.15) is 0 Å². The van der Waals surface area contributed by atoms with E-state index in [1.165, 1.54) is 11.3 Å². The van der Waals surface area contributed by atoms with E-state index in [1.54, 1.807) is 0 Å². The van der Waals surface area contributed by atoms with Crippen molar-refractivity contribution in [1.29, 1.82) is 0 Å². The van der Waals surface area contributed by atoms with E-state index in [4.69, 9.17) is 16.9 Å². The van der Waals surface area contributed by atoms with Gasteiger partial charge in [0, 0.05) is 6.54 Å². The lowest BCUT2D eigenvalue weighted by Crippen LogP contribution is -2.48. The molecule has 0 aromatic heterocycles. The Morgan fingerprint density at radius 2 is 2.45 bits per heavy atom. The number of aliphatic hydroxyl groups excluding tert-OH is 1. The van der Waals surface area contributed by atoms with Crippen LogP contribution in [-0.4, -0.2) is 34.0 Å². The molecule has 1 saturated heterocycles. The summed E-state index contributed by atoms with van der Waals surface area (Å²) in [6.45, 7) is 1.98. The zero-order valence-corrected chi connectivity index (χ0v) is 7.26. The molecular formula is C7H12ClNO2. The molecule has 0 amide bonds. The van der Waals surface area contributed by atoms with Gasteiger partial charge in [0.1, 0.15) is 5.54 Å². The standard InChI is InChI=1S/C7H12ClNO2/c1-6(11)7(5-10)3-2-4-9(7)8/h10H,2-5H2,1H3/t7-/m0/s1. The van der Waals surface area contributed by atoms with Gasteiger partial charge in [0.25, 0.3) is 0 Å². The first-order chi connectivity index (χ1) is 5.13. The number of ketones is 1. The van der Waals surface area contributed by atoms with Crippen LogP contribution in [-0.2, 0) is 4.79 Å². The van der Waals surface area contributed by atoms with Gasteiger partial charge in [-0.25, -0.2) is 4.42 Å². The van der Waals surface area contributed by atoms with E-state index >= 15 is 0 Å². The van der Waals surface area contributed by atoms with Crippen molar-refractivity contribution >= 4 is 17.6 Å². The molecule has 0 saturated carbocycles. The summed E-state index contributed by atoms with van der Waals surface area (Å²) in [5, 5.41) is 9.01. The molecule has 1 rings (SSSR count). The van der Waals surface area contributed by atoms with Crippen molar-refractivity contribution in [3.8, 4) is 0 Å². The van der Waals surface area contributed by atoms with Gasteiger partial charge in [-0.05, 0) is 31.5 Å². The van der Waals surface area contributed by atoms with E-state index in [9.17, 15) is 4.79 Å². The molecule has 11 heavy (non-hydrogen) atoms. The molecule has 4 heteroatoms. The third kappa shape index (κ3) is 1.28. The van der Waals surface area contributed by atoms with Gasteiger partial charge in [-0.3, -0.25) is 4.79 Å². The Morgan fingerprint density at radius 3 is 2.64 bits per heavy atom. The fraction of sp³-hybridized carbons (Fsp3) is 0.857. The lowest BCUT2D eigenvalue weighted by atomic mass is 9.94. The van der Waals surface area contributed by atoms with E-state index < -0.39 is 5.54 Å². The number of hydrogen-bond donors (Lipinski definition) is 1. The van der Waals surface area contributed by atoms with Crippen LogP contribution in [0.4, 0.5) is 0 Å². The first-order valence-corrected chi connectivity index (χ1v) is 4.02. The third-order valence-corrected chi connectivity index (χ3v) is 2.82. The van der Waals surface area contributed by atoms with Crippen molar-refractivity contribution in [2.24, 2.45) is 0 Å². The van der Waals surface area contributed by atoms with Crippen LogP contribution in [0.5, 0.6) is 0 Å². The average molecular weight is 178 g/mol. The molecule has 1 atom stereocenters. The first kappa shape index (κ1) is 8.97. The Bertz CT molecular complexity index is 174. The van der Waals surface area contributed by atoms with Crippen molar-refractivity contribution in [2.45, 2.75) is 25.3 Å². The molecular weight excluding hydrogens is 166 g/mol. The Hall–Kier alpha value is -0.120. The minimum atomic E-state index is -0.790. The fourth-order valence-corrected chi connectivity index (χ4v) is 1.84. The van der Waals surface area contributed by atoms with Crippen molar-refractivity contribution in [3.05, 3.63) is 0 Å². The normalized spacial score (nSPS) is 32.6. The van der Waals surface area contributed by atoms with Crippen LogP contribution in [0.2, 0.25) is 0 Å². The number of rotatable bonds is 2. The molecule has 0 radical (unpaired) electrons. The van der Waals surface area contributed by atoms with Gasteiger partial charge < -0.3 is 5.11 Å². The molecule has 1 aliphatic rings. The largest absolute Gasteiger partial charge is 0.394 e. The average Bonchev–Trinajstić information content (AvgIpc) is 2.32. The maximum absolute atomic E-state index is 11.1. The number of carbonyl (C=O) groups excluding carboxylic acids is 1. The minimum Gasteiger partial charge on any atom is -0.394 e. The highest BCUT2D eigenvalue weighted by atomic mass is 35.5. The van der Waals surface area contributed by atoms with Crippen LogP contribution in [0, 0.1) is 0 Å². The second kappa shape index (κ2) is 3.09. The summed E-state index contributed by atoms with van der Waals surface area (Å²) in [5.41, 5.74) is -0.790. The molecule has 0 bridgehead atoms. The second-order valence-corrected chi connectivity index (χ2v) is 3.34. The van der Waals surface area contributed by atoms with E-state index in [0.717, 1.165) is 6.42 Å². The number of carbonyl (C=O) groups is 1. The van der Waals surface area contributed by atoms with Crippen molar-refractivity contribution in [2.75, 3.05) is 13.2 Å². The first-order valence-electron chi connectivity index (χ1n) is 3.69. The maximum Gasteiger partial charge on any atom is 0.153 e. The lowest BCUT2D eigenvalue weighted by molar-refractivity contribution is -0.127. The van der Waals surface area contributed by atoms with Crippen molar-refractivity contribution in [1.82, 2.24) is 4.42 Å². The van der Waals surface area contributed by atoms with E-state index in [1.807, 2.05) is 0 Å². The van der Waals surface area contributed by atoms with Gasteiger partial charge in [-0.15, -0.1) is 0 Å². The molecule has 1 fully saturated rings. The number of halogens is 1. The van der Waals surface area contributed by atoms with Crippen LogP contribution >= 0.6 is 11.8 Å². The Kier molecular flexibility index (Phi) is 2.52. The van der Waals surface area contributed by atoms with Crippen LogP contribution in [0.15, 0.2) is 0 Å². The van der Waals surface area contributed by atoms with E-state index in [2.05, 4.69) is 0 Å². The summed E-state index contributed by atoms with van der Waals surface area (Å²) in [5.74, 6) is -0.0486.